The molecule has 1 N–H and O–H groups in total. The molecule has 3 rings (SSSR count). The monoisotopic (exact) mass is 388 g/mol. The molecule has 2 aliphatic heterocycles. The van der Waals surface area contributed by atoms with Crippen LogP contribution in [0.2, 0.25) is 0 Å². The average molecular weight is 389 g/mol. The molecular weight excluding hydrogens is 360 g/mol. The Morgan fingerprint density at radius 1 is 1.12 bits per heavy atom. The van der Waals surface area contributed by atoms with Crippen molar-refractivity contribution in [3.63, 3.8) is 0 Å². The van der Waals surface area contributed by atoms with Gasteiger partial charge < -0.3 is 10.1 Å². The number of rotatable bonds is 7. The molecule has 2 fully saturated rings. The van der Waals surface area contributed by atoms with Gasteiger partial charge >= 0.3 is 0 Å². The highest BCUT2D eigenvalue weighted by atomic mass is 35.5. The Morgan fingerprint density at radius 2 is 1.84 bits per heavy atom. The minimum atomic E-state index is -3.42. The second-order valence-electron chi connectivity index (χ2n) is 6.82. The van der Waals surface area contributed by atoms with Gasteiger partial charge in [-0.3, -0.25) is 0 Å². The smallest absolute Gasteiger partial charge is 0.243 e. The lowest BCUT2D eigenvalue weighted by Crippen LogP contribution is -2.39. The van der Waals surface area contributed by atoms with E-state index >= 15 is 0 Å². The summed E-state index contributed by atoms with van der Waals surface area (Å²) in [6.45, 7) is 4.02. The summed E-state index contributed by atoms with van der Waals surface area (Å²) < 4.78 is 33.1. The van der Waals surface area contributed by atoms with Gasteiger partial charge in [0.25, 0.3) is 0 Å². The molecule has 2 saturated heterocycles. The Kier molecular flexibility index (Phi) is 7.55. The summed E-state index contributed by atoms with van der Waals surface area (Å²) in [5.41, 5.74) is 0. The van der Waals surface area contributed by atoms with E-state index in [1.54, 1.807) is 28.6 Å². The predicted molar refractivity (Wildman–Crippen MR) is 102 cm³/mol. The van der Waals surface area contributed by atoms with Crippen LogP contribution in [0, 0.1) is 0 Å². The number of ether oxygens (including phenoxy) is 1. The summed E-state index contributed by atoms with van der Waals surface area (Å²) >= 11 is 0. The molecule has 0 amide bonds. The maximum absolute atomic E-state index is 12.9. The molecule has 25 heavy (non-hydrogen) atoms. The highest BCUT2D eigenvalue weighted by Gasteiger charge is 2.34. The fourth-order valence-corrected chi connectivity index (χ4v) is 5.03. The standard InChI is InChI=1S/C18H28N2O3S.ClH/c1-2-3-4-13-23-17-7-9-18(10-8-17)24(21,22)20-12-11-15-5-6-16(14-20)19-15;/h7-10,15-16,19H,2-6,11-14H2,1H3;1H. The van der Waals surface area contributed by atoms with Gasteiger partial charge in [0, 0.05) is 25.2 Å². The van der Waals surface area contributed by atoms with Gasteiger partial charge in [-0.05, 0) is 49.9 Å². The normalized spacial score (nSPS) is 23.7. The zero-order valence-corrected chi connectivity index (χ0v) is 16.4. The largest absolute Gasteiger partial charge is 0.494 e. The molecule has 2 aliphatic rings. The van der Waals surface area contributed by atoms with Crippen LogP contribution in [0.5, 0.6) is 5.75 Å². The third-order valence-electron chi connectivity index (χ3n) is 4.96. The second kappa shape index (κ2) is 9.21. The summed E-state index contributed by atoms with van der Waals surface area (Å²) in [7, 11) is -3.42. The molecule has 0 radical (unpaired) electrons. The van der Waals surface area contributed by atoms with Gasteiger partial charge in [0.2, 0.25) is 10.0 Å². The van der Waals surface area contributed by atoms with Crippen molar-refractivity contribution in [1.82, 2.24) is 9.62 Å². The highest BCUT2D eigenvalue weighted by molar-refractivity contribution is 7.89. The summed E-state index contributed by atoms with van der Waals surface area (Å²) in [5, 5.41) is 3.52. The van der Waals surface area contributed by atoms with E-state index in [4.69, 9.17) is 4.74 Å². The fraction of sp³-hybridized carbons (Fsp3) is 0.667. The van der Waals surface area contributed by atoms with Crippen molar-refractivity contribution in [3.05, 3.63) is 24.3 Å². The number of benzene rings is 1. The molecule has 2 atom stereocenters. The van der Waals surface area contributed by atoms with Crippen LogP contribution >= 0.6 is 12.4 Å². The third-order valence-corrected chi connectivity index (χ3v) is 6.84. The summed E-state index contributed by atoms with van der Waals surface area (Å²) in [5.74, 6) is 0.738. The first kappa shape index (κ1) is 20.5. The van der Waals surface area contributed by atoms with Crippen molar-refractivity contribution < 1.29 is 13.2 Å². The molecule has 0 aliphatic carbocycles. The minimum Gasteiger partial charge on any atom is -0.494 e. The van der Waals surface area contributed by atoms with Crippen molar-refractivity contribution in [2.75, 3.05) is 19.7 Å². The van der Waals surface area contributed by atoms with Gasteiger partial charge in [0.1, 0.15) is 5.75 Å². The van der Waals surface area contributed by atoms with E-state index in [-0.39, 0.29) is 12.4 Å². The van der Waals surface area contributed by atoms with Gasteiger partial charge in [-0.2, -0.15) is 4.31 Å². The summed E-state index contributed by atoms with van der Waals surface area (Å²) in [6, 6.07) is 7.65. The SMILES string of the molecule is CCCCCOc1ccc(S(=O)(=O)N2CCC3CCC(C2)N3)cc1.Cl. The quantitative estimate of drug-likeness (QED) is 0.729. The van der Waals surface area contributed by atoms with Gasteiger partial charge in [-0.25, -0.2) is 8.42 Å². The number of unbranched alkanes of at least 4 members (excludes halogenated alkanes) is 2. The Morgan fingerprint density at radius 3 is 2.56 bits per heavy atom. The van der Waals surface area contributed by atoms with Gasteiger partial charge in [0.05, 0.1) is 11.5 Å². The van der Waals surface area contributed by atoms with E-state index in [0.29, 0.717) is 36.7 Å². The van der Waals surface area contributed by atoms with Crippen LogP contribution in [0.3, 0.4) is 0 Å². The Labute approximate surface area is 157 Å². The Balaban J connectivity index is 0.00000225. The number of halogens is 1. The first-order chi connectivity index (χ1) is 11.6. The van der Waals surface area contributed by atoms with E-state index in [1.165, 1.54) is 6.42 Å². The van der Waals surface area contributed by atoms with Crippen LogP contribution in [0.4, 0.5) is 0 Å². The van der Waals surface area contributed by atoms with Crippen LogP contribution in [-0.2, 0) is 10.0 Å². The van der Waals surface area contributed by atoms with Gasteiger partial charge in [-0.1, -0.05) is 19.8 Å². The van der Waals surface area contributed by atoms with Crippen molar-refractivity contribution >= 4 is 22.4 Å². The molecule has 1 aromatic carbocycles. The van der Waals surface area contributed by atoms with E-state index in [0.717, 1.165) is 37.9 Å². The third kappa shape index (κ3) is 5.09. The number of hydrogen-bond acceptors (Lipinski definition) is 4. The van der Waals surface area contributed by atoms with Crippen molar-refractivity contribution in [1.29, 1.82) is 0 Å². The van der Waals surface area contributed by atoms with E-state index in [9.17, 15) is 8.42 Å². The first-order valence-corrected chi connectivity index (χ1v) is 10.5. The van der Waals surface area contributed by atoms with Crippen LogP contribution in [-0.4, -0.2) is 44.5 Å². The highest BCUT2D eigenvalue weighted by Crippen LogP contribution is 2.26. The number of nitrogens with one attached hydrogen (secondary N) is 1. The number of sulfonamides is 1. The fourth-order valence-electron chi connectivity index (χ4n) is 3.53. The average Bonchev–Trinajstić information content (AvgIpc) is 2.90. The molecule has 2 unspecified atom stereocenters. The molecule has 2 bridgehead atoms. The van der Waals surface area contributed by atoms with Crippen LogP contribution in [0.1, 0.15) is 45.4 Å². The number of fused-ring (bicyclic) bond motifs is 2. The predicted octanol–water partition coefficient (Wildman–Crippen LogP) is 3.19. The van der Waals surface area contributed by atoms with Gasteiger partial charge in [0.15, 0.2) is 0 Å². The molecule has 142 valence electrons. The molecule has 2 heterocycles. The van der Waals surface area contributed by atoms with Crippen molar-refractivity contribution in [3.8, 4) is 5.75 Å². The van der Waals surface area contributed by atoms with Gasteiger partial charge in [-0.15, -0.1) is 12.4 Å². The summed E-state index contributed by atoms with van der Waals surface area (Å²) in [6.07, 6.45) is 6.47. The molecular formula is C18H29ClN2O3S. The Bertz CT molecular complexity index is 636. The zero-order valence-electron chi connectivity index (χ0n) is 14.8. The molecule has 0 saturated carbocycles. The first-order valence-electron chi connectivity index (χ1n) is 9.08. The number of hydrogen-bond donors (Lipinski definition) is 1. The minimum absolute atomic E-state index is 0. The van der Waals surface area contributed by atoms with Crippen LogP contribution in [0.25, 0.3) is 0 Å². The molecule has 1 aromatic rings. The second-order valence-corrected chi connectivity index (χ2v) is 8.75. The summed E-state index contributed by atoms with van der Waals surface area (Å²) in [4.78, 5) is 0.362. The molecule has 7 heteroatoms. The van der Waals surface area contributed by atoms with Crippen molar-refractivity contribution in [2.45, 2.75) is 62.4 Å². The maximum Gasteiger partial charge on any atom is 0.243 e. The Hall–Kier alpha value is -0.820. The maximum atomic E-state index is 12.9. The van der Waals surface area contributed by atoms with E-state index in [2.05, 4.69) is 12.2 Å². The topological polar surface area (TPSA) is 58.6 Å². The van der Waals surface area contributed by atoms with E-state index in [1.807, 2.05) is 0 Å². The molecule has 0 spiro atoms. The van der Waals surface area contributed by atoms with E-state index < -0.39 is 10.0 Å². The zero-order chi connectivity index (χ0) is 17.0. The number of nitrogens with zero attached hydrogens (tertiary/aromatic N) is 1. The molecule has 0 aromatic heterocycles. The van der Waals surface area contributed by atoms with Crippen molar-refractivity contribution in [2.24, 2.45) is 0 Å². The van der Waals surface area contributed by atoms with Crippen LogP contribution < -0.4 is 10.1 Å². The lowest BCUT2D eigenvalue weighted by atomic mass is 10.1. The molecule has 5 nitrogen and oxygen atoms in total. The lowest BCUT2D eigenvalue weighted by molar-refractivity contribution is 0.306. The van der Waals surface area contributed by atoms with Crippen LogP contribution in [0.15, 0.2) is 29.2 Å². The lowest BCUT2D eigenvalue weighted by Gasteiger charge is -2.23.